The van der Waals surface area contributed by atoms with Gasteiger partial charge in [0, 0.05) is 0 Å². The molecule has 0 unspecified atom stereocenters. The van der Waals surface area contributed by atoms with Crippen molar-refractivity contribution in [3.63, 3.8) is 0 Å². The fourth-order valence-corrected chi connectivity index (χ4v) is 8.82. The van der Waals surface area contributed by atoms with Crippen LogP contribution in [0.5, 0.6) is 0 Å². The summed E-state index contributed by atoms with van der Waals surface area (Å²) < 4.78 is -2.76. The maximum absolute atomic E-state index is 11.4. The number of carboxylic acid groups (broad SMARTS) is 3. The molecule has 0 bridgehead atoms. The van der Waals surface area contributed by atoms with Crippen molar-refractivity contribution in [2.75, 3.05) is 0 Å². The number of carboxylic acids is 3. The van der Waals surface area contributed by atoms with Crippen LogP contribution in [-0.4, -0.2) is 56.6 Å². The third-order valence-electron chi connectivity index (χ3n) is 12.4. The van der Waals surface area contributed by atoms with Gasteiger partial charge in [0.25, 0.3) is 0 Å². The van der Waals surface area contributed by atoms with Gasteiger partial charge in [-0.3, -0.25) is 0 Å². The Kier molecular flexibility index (Phi) is 47.9. The van der Waals surface area contributed by atoms with Crippen LogP contribution in [0.1, 0.15) is 276 Å². The van der Waals surface area contributed by atoms with E-state index in [1.54, 1.807) is 0 Å². The molecule has 380 valence electrons. The first kappa shape index (κ1) is 70.8. The molecule has 6 nitrogen and oxygen atoms in total. The van der Waals surface area contributed by atoms with E-state index < -0.39 is 32.1 Å². The monoisotopic (exact) mass is 1070 g/mol. The number of aliphatic carboxylic acids is 3. The van der Waals surface area contributed by atoms with Crippen LogP contribution in [0.4, 0.5) is 0 Å². The largest absolute Gasteiger partial charge is 3.00 e. The Balaban J connectivity index is -0.000000419. The van der Waals surface area contributed by atoms with E-state index in [9.17, 15) is 29.7 Å². The van der Waals surface area contributed by atoms with Gasteiger partial charge in [0.05, 0.1) is 32.1 Å². The van der Waals surface area contributed by atoms with Crippen LogP contribution in [0.15, 0.2) is 0 Å². The van der Waals surface area contributed by atoms with Gasteiger partial charge in [-0.15, -0.1) is 0 Å². The van der Waals surface area contributed by atoms with Crippen molar-refractivity contribution in [2.24, 2.45) is 35.5 Å². The molecular weight excluding hydrogens is 963 g/mol. The maximum Gasteiger partial charge on any atom is 3.00 e. The van der Waals surface area contributed by atoms with Crippen LogP contribution < -0.4 is 15.3 Å². The maximum atomic E-state index is 11.4. The summed E-state index contributed by atoms with van der Waals surface area (Å²) in [6.07, 6.45) is 30.5. The smallest absolute Gasteiger partial charge is 0.549 e. The Labute approximate surface area is 432 Å². The SMILES string of the molecule is CC(C)CCCCCC(S)(CCCCCC(C)C)C(=O)[O-].CC(C)CCCCCC(S)(CCCCCC(C)C)C(=O)[O-].CC(C)CCCCCC(S)(CCCCCC(C)C)C(=O)[O-].[Sb+3]. The van der Waals surface area contributed by atoms with Gasteiger partial charge in [0.1, 0.15) is 0 Å². The third kappa shape index (κ3) is 44.8. The van der Waals surface area contributed by atoms with Crippen molar-refractivity contribution < 1.29 is 29.7 Å². The molecule has 64 heavy (non-hydrogen) atoms. The molecule has 0 amide bonds. The average molecular weight is 1070 g/mol. The minimum atomic E-state index is -0.987. The van der Waals surface area contributed by atoms with Gasteiger partial charge < -0.3 is 29.7 Å². The molecule has 0 aliphatic rings. The van der Waals surface area contributed by atoms with Gasteiger partial charge in [-0.1, -0.05) is 237 Å². The van der Waals surface area contributed by atoms with E-state index in [0.717, 1.165) is 113 Å². The first-order valence-electron chi connectivity index (χ1n) is 26.1. The average Bonchev–Trinajstić information content (AvgIpc) is 3.16. The molecule has 0 saturated carbocycles. The first-order valence-corrected chi connectivity index (χ1v) is 27.5. The van der Waals surface area contributed by atoms with Crippen molar-refractivity contribution in [3.05, 3.63) is 0 Å². The molecule has 0 fully saturated rings. The topological polar surface area (TPSA) is 120 Å². The van der Waals surface area contributed by atoms with E-state index in [-0.39, 0.29) is 24.4 Å². The van der Waals surface area contributed by atoms with Crippen molar-refractivity contribution in [1.29, 1.82) is 0 Å². The predicted octanol–water partition coefficient (Wildman–Crippen LogP) is 13.5. The molecule has 0 aliphatic heterocycles. The normalized spacial score (nSPS) is 12.1. The molecule has 0 atom stereocenters. The van der Waals surface area contributed by atoms with E-state index in [0.29, 0.717) is 38.5 Å². The molecule has 0 saturated heterocycles. The number of carbonyl (C=O) groups excluding carboxylic acids is 3. The minimum Gasteiger partial charge on any atom is -0.549 e. The second-order valence-corrected chi connectivity index (χ2v) is 24.5. The summed E-state index contributed by atoms with van der Waals surface area (Å²) >= 11 is 13.3. The molecule has 10 heteroatoms. The van der Waals surface area contributed by atoms with Crippen molar-refractivity contribution in [1.82, 2.24) is 0 Å². The molecule has 0 aromatic heterocycles. The number of hydrogen-bond donors (Lipinski definition) is 3. The van der Waals surface area contributed by atoms with Crippen molar-refractivity contribution in [3.8, 4) is 0 Å². The molecule has 0 rings (SSSR count). The molecule has 0 spiro atoms. The summed E-state index contributed by atoms with van der Waals surface area (Å²) in [5.74, 6) is 1.41. The fourth-order valence-electron chi connectivity index (χ4n) is 7.87. The molecule has 2 radical (unpaired) electrons. The van der Waals surface area contributed by atoms with E-state index in [1.807, 2.05) is 0 Å². The second-order valence-electron chi connectivity index (χ2n) is 21.9. The Morgan fingerprint density at radius 3 is 0.516 bits per heavy atom. The van der Waals surface area contributed by atoms with E-state index in [4.69, 9.17) is 0 Å². The summed E-state index contributed by atoms with van der Waals surface area (Å²) in [5.41, 5.74) is 0. The van der Waals surface area contributed by atoms with Crippen LogP contribution in [0.2, 0.25) is 0 Å². The third-order valence-corrected chi connectivity index (χ3v) is 14.3. The number of carbonyl (C=O) groups is 3. The molecule has 0 N–H and O–H groups in total. The quantitative estimate of drug-likeness (QED) is 0.0320. The summed E-state index contributed by atoms with van der Waals surface area (Å²) in [7, 11) is 0. The fraction of sp³-hybridized carbons (Fsp3) is 0.944. The molecule has 0 aliphatic carbocycles. The van der Waals surface area contributed by atoms with Crippen molar-refractivity contribution in [2.45, 2.75) is 290 Å². The summed E-state index contributed by atoms with van der Waals surface area (Å²) in [4.78, 5) is 34.1. The van der Waals surface area contributed by atoms with Gasteiger partial charge in [0.15, 0.2) is 0 Å². The molecule has 0 heterocycles. The van der Waals surface area contributed by atoms with Crippen LogP contribution in [-0.2, 0) is 14.4 Å². The molecule has 0 aromatic carbocycles. The van der Waals surface area contributed by atoms with Crippen molar-refractivity contribution >= 4 is 80.2 Å². The standard InChI is InChI=1S/3C18H36O2S.Sb/c3*1-15(2)11-7-5-9-13-18(21,17(19)20)14-10-6-8-12-16(3)4;/h3*15-16,21H,5-14H2,1-4H3,(H,19,20);/q;;;+3/p-3. The van der Waals surface area contributed by atoms with Crippen LogP contribution >= 0.6 is 37.9 Å². The summed E-state index contributed by atoms with van der Waals surface area (Å²) in [5, 5.41) is 34.1. The van der Waals surface area contributed by atoms with Gasteiger partial charge in [-0.2, -0.15) is 37.9 Å². The first-order chi connectivity index (χ1) is 29.3. The summed E-state index contributed by atoms with van der Waals surface area (Å²) in [6, 6.07) is 0. The Morgan fingerprint density at radius 2 is 0.422 bits per heavy atom. The number of rotatable bonds is 39. The van der Waals surface area contributed by atoms with E-state index >= 15 is 0 Å². The Hall–Kier alpha value is 0.278. The minimum absolute atomic E-state index is 0. The second kappa shape index (κ2) is 43.3. The molecule has 0 aromatic rings. The zero-order valence-electron chi connectivity index (χ0n) is 43.9. The van der Waals surface area contributed by atoms with Crippen LogP contribution in [0.3, 0.4) is 0 Å². The van der Waals surface area contributed by atoms with Gasteiger partial charge in [0.2, 0.25) is 0 Å². The zero-order valence-corrected chi connectivity index (χ0v) is 49.2. The van der Waals surface area contributed by atoms with Crippen LogP contribution in [0, 0.1) is 35.5 Å². The van der Waals surface area contributed by atoms with E-state index in [2.05, 4.69) is 121 Å². The van der Waals surface area contributed by atoms with Crippen LogP contribution in [0.25, 0.3) is 0 Å². The van der Waals surface area contributed by atoms with Gasteiger partial charge in [-0.05, 0) is 74.0 Å². The molecular formula is C54H105O6S3Sb. The Morgan fingerprint density at radius 1 is 0.297 bits per heavy atom. The Bertz CT molecular complexity index is 910. The zero-order chi connectivity index (χ0) is 48.9. The van der Waals surface area contributed by atoms with Gasteiger partial charge in [-0.25, -0.2) is 0 Å². The predicted molar refractivity (Wildman–Crippen MR) is 283 cm³/mol. The number of unbranched alkanes of at least 4 members (excludes halogenated alkanes) is 12. The number of thiol groups is 3. The summed E-state index contributed by atoms with van der Waals surface area (Å²) in [6.45, 7) is 26.7. The van der Waals surface area contributed by atoms with Gasteiger partial charge >= 0.3 is 24.4 Å². The van der Waals surface area contributed by atoms with E-state index in [1.165, 1.54) is 77.0 Å². The number of hydrogen-bond acceptors (Lipinski definition) is 9.